The first-order chi connectivity index (χ1) is 8.38. The Kier molecular flexibility index (Phi) is 4.17. The summed E-state index contributed by atoms with van der Waals surface area (Å²) in [6.07, 6.45) is 3.50. The molecule has 0 atom stereocenters. The van der Waals surface area contributed by atoms with Crippen LogP contribution in [0.5, 0.6) is 0 Å². The molecule has 3 rings (SSSR count). The smallest absolute Gasteiger partial charge is 0.0267 e. The van der Waals surface area contributed by atoms with Crippen LogP contribution < -0.4 is 0 Å². The van der Waals surface area contributed by atoms with Crippen LogP contribution >= 0.6 is 12.6 Å². The number of thiol groups is 1. The number of hydrogen-bond acceptors (Lipinski definition) is 2. The first kappa shape index (κ1) is 11.7. The first-order valence-electron chi connectivity index (χ1n) is 5.39. The van der Waals surface area contributed by atoms with E-state index in [4.69, 9.17) is 0 Å². The lowest BCUT2D eigenvalue weighted by molar-refractivity contribution is 1.33. The van der Waals surface area contributed by atoms with Gasteiger partial charge >= 0.3 is 0 Å². The lowest BCUT2D eigenvalue weighted by atomic mass is 10.1. The fraction of sp³-hybridized carbons (Fsp3) is 0. The molecule has 2 heteroatoms. The molecular formula is C15H13NS. The van der Waals surface area contributed by atoms with Crippen molar-refractivity contribution in [3.05, 3.63) is 73.1 Å². The molecule has 0 radical (unpaired) electrons. The zero-order valence-corrected chi connectivity index (χ0v) is 10.2. The molecule has 3 aromatic rings. The summed E-state index contributed by atoms with van der Waals surface area (Å²) in [6, 6.07) is 20.1. The van der Waals surface area contributed by atoms with Gasteiger partial charge in [0.15, 0.2) is 0 Å². The molecule has 0 aliphatic carbocycles. The van der Waals surface area contributed by atoms with Crippen LogP contribution in [0.25, 0.3) is 10.8 Å². The Morgan fingerprint density at radius 3 is 2.00 bits per heavy atom. The van der Waals surface area contributed by atoms with Crippen LogP contribution in [0.1, 0.15) is 0 Å². The van der Waals surface area contributed by atoms with Crippen LogP contribution in [-0.4, -0.2) is 4.98 Å². The van der Waals surface area contributed by atoms with Crippen molar-refractivity contribution < 1.29 is 0 Å². The van der Waals surface area contributed by atoms with E-state index in [1.165, 1.54) is 10.8 Å². The quantitative estimate of drug-likeness (QED) is 0.580. The zero-order valence-electron chi connectivity index (χ0n) is 9.32. The predicted octanol–water partition coefficient (Wildman–Crippen LogP) is 4.21. The summed E-state index contributed by atoms with van der Waals surface area (Å²) >= 11 is 4.35. The molecule has 1 aromatic heterocycles. The van der Waals surface area contributed by atoms with E-state index in [9.17, 15) is 0 Å². The van der Waals surface area contributed by atoms with Gasteiger partial charge in [0.2, 0.25) is 0 Å². The molecule has 0 saturated carbocycles. The highest BCUT2D eigenvalue weighted by Gasteiger charge is 1.92. The van der Waals surface area contributed by atoms with Crippen molar-refractivity contribution in [2.45, 2.75) is 4.90 Å². The van der Waals surface area contributed by atoms with Crippen LogP contribution in [0.3, 0.4) is 0 Å². The van der Waals surface area contributed by atoms with Gasteiger partial charge in [0.25, 0.3) is 0 Å². The first-order valence-corrected chi connectivity index (χ1v) is 5.84. The maximum absolute atomic E-state index is 4.35. The zero-order chi connectivity index (χ0) is 11.9. The van der Waals surface area contributed by atoms with Crippen molar-refractivity contribution in [3.63, 3.8) is 0 Å². The summed E-state index contributed by atoms with van der Waals surface area (Å²) in [7, 11) is 0. The number of aromatic nitrogens is 1. The minimum Gasteiger partial charge on any atom is -0.265 e. The van der Waals surface area contributed by atoms with E-state index >= 15 is 0 Å². The summed E-state index contributed by atoms with van der Waals surface area (Å²) in [5.41, 5.74) is 0. The number of hydrogen-bond donors (Lipinski definition) is 1. The Bertz CT molecular complexity index is 546. The van der Waals surface area contributed by atoms with E-state index in [-0.39, 0.29) is 0 Å². The third-order valence-corrected chi connectivity index (χ3v) is 2.72. The minimum absolute atomic E-state index is 1.04. The van der Waals surface area contributed by atoms with Crippen molar-refractivity contribution >= 4 is 23.4 Å². The van der Waals surface area contributed by atoms with Crippen LogP contribution in [-0.2, 0) is 0 Å². The molecule has 0 amide bonds. The third kappa shape index (κ3) is 3.33. The van der Waals surface area contributed by atoms with Crippen molar-refractivity contribution in [3.8, 4) is 0 Å². The molecule has 0 aliphatic heterocycles. The molecule has 0 saturated heterocycles. The second-order valence-corrected chi connectivity index (χ2v) is 4.00. The molecule has 0 fully saturated rings. The second kappa shape index (κ2) is 6.06. The largest absolute Gasteiger partial charge is 0.265 e. The van der Waals surface area contributed by atoms with Gasteiger partial charge in [0.1, 0.15) is 0 Å². The molecule has 0 N–H and O–H groups in total. The lowest BCUT2D eigenvalue weighted by Gasteiger charge is -1.98. The Morgan fingerprint density at radius 1 is 0.706 bits per heavy atom. The fourth-order valence-corrected chi connectivity index (χ4v) is 1.81. The Hall–Kier alpha value is -1.80. The van der Waals surface area contributed by atoms with Gasteiger partial charge in [-0.15, -0.1) is 12.6 Å². The van der Waals surface area contributed by atoms with E-state index in [0.717, 1.165) is 4.90 Å². The number of rotatable bonds is 0. The summed E-state index contributed by atoms with van der Waals surface area (Å²) in [5.74, 6) is 0. The molecule has 1 nitrogen and oxygen atoms in total. The van der Waals surface area contributed by atoms with Gasteiger partial charge in [-0.05, 0) is 29.0 Å². The van der Waals surface area contributed by atoms with Crippen molar-refractivity contribution in [1.29, 1.82) is 0 Å². The summed E-state index contributed by atoms with van der Waals surface area (Å²) in [4.78, 5) is 4.83. The highest BCUT2D eigenvalue weighted by atomic mass is 32.1. The van der Waals surface area contributed by atoms with Gasteiger partial charge in [-0.3, -0.25) is 4.98 Å². The minimum atomic E-state index is 1.04. The van der Waals surface area contributed by atoms with Gasteiger partial charge < -0.3 is 0 Å². The van der Waals surface area contributed by atoms with Crippen LogP contribution in [0, 0.1) is 0 Å². The lowest BCUT2D eigenvalue weighted by Crippen LogP contribution is -1.71. The topological polar surface area (TPSA) is 12.9 Å². The molecule has 1 heterocycles. The van der Waals surface area contributed by atoms with E-state index in [1.54, 1.807) is 12.4 Å². The predicted molar refractivity (Wildman–Crippen MR) is 75.4 cm³/mol. The highest BCUT2D eigenvalue weighted by Crippen LogP contribution is 2.20. The Balaban J connectivity index is 0.000000153. The molecule has 0 aliphatic rings. The third-order valence-electron chi connectivity index (χ3n) is 2.33. The Labute approximate surface area is 107 Å². The normalized spacial score (nSPS) is 9.47. The number of nitrogens with zero attached hydrogens (tertiary/aromatic N) is 1. The number of fused-ring (bicyclic) bond motifs is 1. The maximum atomic E-state index is 4.35. The molecule has 17 heavy (non-hydrogen) atoms. The molecule has 84 valence electrons. The summed E-state index contributed by atoms with van der Waals surface area (Å²) in [6.45, 7) is 0. The fourth-order valence-electron chi connectivity index (χ4n) is 1.52. The average Bonchev–Trinajstić information content (AvgIpc) is 2.42. The molecule has 0 bridgehead atoms. The van der Waals surface area contributed by atoms with Gasteiger partial charge in [0.05, 0.1) is 0 Å². The van der Waals surface area contributed by atoms with Gasteiger partial charge in [-0.25, -0.2) is 0 Å². The summed E-state index contributed by atoms with van der Waals surface area (Å²) in [5, 5.41) is 2.47. The SMILES string of the molecule is Sc1cccc2ccccc12.c1ccncc1. The van der Waals surface area contributed by atoms with Gasteiger partial charge in [-0.1, -0.05) is 42.5 Å². The monoisotopic (exact) mass is 239 g/mol. The van der Waals surface area contributed by atoms with E-state index < -0.39 is 0 Å². The van der Waals surface area contributed by atoms with E-state index in [1.807, 2.05) is 42.5 Å². The maximum Gasteiger partial charge on any atom is 0.0267 e. The number of benzene rings is 2. The average molecular weight is 239 g/mol. The van der Waals surface area contributed by atoms with Crippen LogP contribution in [0.2, 0.25) is 0 Å². The van der Waals surface area contributed by atoms with E-state index in [0.29, 0.717) is 0 Å². The van der Waals surface area contributed by atoms with Crippen molar-refractivity contribution in [2.24, 2.45) is 0 Å². The number of pyridine rings is 1. The van der Waals surface area contributed by atoms with E-state index in [2.05, 4.69) is 35.8 Å². The van der Waals surface area contributed by atoms with Crippen molar-refractivity contribution in [1.82, 2.24) is 4.98 Å². The summed E-state index contributed by atoms with van der Waals surface area (Å²) < 4.78 is 0. The Morgan fingerprint density at radius 2 is 1.41 bits per heavy atom. The van der Waals surface area contributed by atoms with Gasteiger partial charge in [-0.2, -0.15) is 0 Å². The highest BCUT2D eigenvalue weighted by molar-refractivity contribution is 7.80. The van der Waals surface area contributed by atoms with Gasteiger partial charge in [0, 0.05) is 17.3 Å². The van der Waals surface area contributed by atoms with Crippen LogP contribution in [0.4, 0.5) is 0 Å². The molecule has 0 spiro atoms. The second-order valence-electron chi connectivity index (χ2n) is 3.52. The molecule has 2 aromatic carbocycles. The van der Waals surface area contributed by atoms with Crippen LogP contribution in [0.15, 0.2) is 78.0 Å². The standard InChI is InChI=1S/C10H8S.C5H5N/c11-10-7-3-5-8-4-1-2-6-9(8)10;1-2-4-6-5-3-1/h1-7,11H;1-5H. The molecule has 0 unspecified atom stereocenters. The molecular weight excluding hydrogens is 226 g/mol. The van der Waals surface area contributed by atoms with Crippen molar-refractivity contribution in [2.75, 3.05) is 0 Å².